The molecule has 0 radical (unpaired) electrons. The van der Waals surface area contributed by atoms with Gasteiger partial charge in [0.15, 0.2) is 0 Å². The minimum atomic E-state index is 0.384. The van der Waals surface area contributed by atoms with Gasteiger partial charge in [0.2, 0.25) is 0 Å². The highest BCUT2D eigenvalue weighted by Gasteiger charge is 2.41. The molecule has 0 aromatic heterocycles. The molecule has 0 bridgehead atoms. The van der Waals surface area contributed by atoms with Crippen LogP contribution in [0.1, 0.15) is 41.5 Å². The summed E-state index contributed by atoms with van der Waals surface area (Å²) in [6, 6.07) is 0.967. The van der Waals surface area contributed by atoms with E-state index in [0.717, 1.165) is 5.57 Å². The van der Waals surface area contributed by atoms with Crippen LogP contribution in [0.4, 0.5) is 0 Å². The lowest BCUT2D eigenvalue weighted by Gasteiger charge is -2.45. The van der Waals surface area contributed by atoms with E-state index in [-0.39, 0.29) is 0 Å². The average molecular weight is 300 g/mol. The van der Waals surface area contributed by atoms with Crippen LogP contribution in [0.25, 0.3) is 0 Å². The van der Waals surface area contributed by atoms with Crippen LogP contribution in [0.3, 0.4) is 0 Å². The van der Waals surface area contributed by atoms with E-state index in [0.29, 0.717) is 35.8 Å². The van der Waals surface area contributed by atoms with Gasteiger partial charge in [-0.3, -0.25) is 4.90 Å². The highest BCUT2D eigenvalue weighted by molar-refractivity contribution is 5.30. The van der Waals surface area contributed by atoms with Crippen LogP contribution >= 0.6 is 0 Å². The molecule has 1 heteroatoms. The van der Waals surface area contributed by atoms with Gasteiger partial charge in [-0.25, -0.2) is 0 Å². The van der Waals surface area contributed by atoms with Crippen molar-refractivity contribution < 1.29 is 0 Å². The summed E-state index contributed by atoms with van der Waals surface area (Å²) >= 11 is 0. The van der Waals surface area contributed by atoms with E-state index in [9.17, 15) is 0 Å². The highest BCUT2D eigenvalue weighted by Crippen LogP contribution is 2.42. The third-order valence-corrected chi connectivity index (χ3v) is 6.16. The molecule has 6 atom stereocenters. The maximum atomic E-state index is 3.99. The van der Waals surface area contributed by atoms with Crippen LogP contribution in [-0.2, 0) is 0 Å². The molecule has 0 aromatic carbocycles. The van der Waals surface area contributed by atoms with E-state index in [2.05, 4.69) is 84.4 Å². The lowest BCUT2D eigenvalue weighted by atomic mass is 9.75. The normalized spacial score (nSPS) is 40.0. The fourth-order valence-electron chi connectivity index (χ4n) is 4.22. The van der Waals surface area contributed by atoms with Crippen LogP contribution in [-0.4, -0.2) is 24.0 Å². The Labute approximate surface area is 137 Å². The molecular weight excluding hydrogens is 266 g/mol. The maximum absolute atomic E-state index is 3.99. The summed E-state index contributed by atoms with van der Waals surface area (Å²) < 4.78 is 0. The molecule has 2 aliphatic rings. The van der Waals surface area contributed by atoms with Gasteiger partial charge in [-0.15, -0.1) is 0 Å². The Kier molecular flexibility index (Phi) is 5.17. The molecule has 1 aliphatic heterocycles. The number of hydrogen-bond acceptors (Lipinski definition) is 1. The predicted octanol–water partition coefficient (Wildman–Crippen LogP) is 5.23. The number of nitrogens with zero attached hydrogens (tertiary/aromatic N) is 1. The molecule has 0 saturated heterocycles. The van der Waals surface area contributed by atoms with Crippen LogP contribution in [0, 0.1) is 23.7 Å². The molecule has 0 aromatic rings. The Morgan fingerprint density at radius 3 is 2.32 bits per heavy atom. The molecule has 0 saturated carbocycles. The van der Waals surface area contributed by atoms with E-state index >= 15 is 0 Å². The maximum Gasteiger partial charge on any atom is 0.0467 e. The summed E-state index contributed by atoms with van der Waals surface area (Å²) in [7, 11) is 2.29. The Bertz CT molecular complexity index is 522. The molecule has 22 heavy (non-hydrogen) atoms. The van der Waals surface area contributed by atoms with E-state index in [1.54, 1.807) is 5.57 Å². The number of fused-ring (bicyclic) bond motifs is 1. The third kappa shape index (κ3) is 3.15. The molecule has 2 rings (SSSR count). The second-order valence-corrected chi connectivity index (χ2v) is 7.71. The summed E-state index contributed by atoms with van der Waals surface area (Å²) in [5, 5.41) is 0. The van der Waals surface area contributed by atoms with Crippen molar-refractivity contribution in [1.82, 2.24) is 4.90 Å². The minimum absolute atomic E-state index is 0.384. The Morgan fingerprint density at radius 1 is 1.09 bits per heavy atom. The molecule has 0 fully saturated rings. The van der Waals surface area contributed by atoms with Crippen molar-refractivity contribution in [2.45, 2.75) is 53.6 Å². The van der Waals surface area contributed by atoms with Crippen molar-refractivity contribution in [3.63, 3.8) is 0 Å². The number of rotatable bonds is 2. The molecule has 0 spiro atoms. The zero-order chi connectivity index (χ0) is 16.6. The quantitative estimate of drug-likeness (QED) is 0.498. The summed E-state index contributed by atoms with van der Waals surface area (Å²) in [6.45, 7) is 17.9. The molecule has 0 N–H and O–H groups in total. The van der Waals surface area contributed by atoms with Gasteiger partial charge in [0.25, 0.3) is 0 Å². The molecule has 1 nitrogen and oxygen atoms in total. The molecule has 0 amide bonds. The molecular formula is C21H33N. The van der Waals surface area contributed by atoms with Crippen LogP contribution in [0.5, 0.6) is 0 Å². The van der Waals surface area contributed by atoms with E-state index in [4.69, 9.17) is 0 Å². The van der Waals surface area contributed by atoms with Gasteiger partial charge >= 0.3 is 0 Å². The predicted molar refractivity (Wildman–Crippen MR) is 97.8 cm³/mol. The lowest BCUT2D eigenvalue weighted by molar-refractivity contribution is 0.0977. The van der Waals surface area contributed by atoms with E-state index < -0.39 is 0 Å². The lowest BCUT2D eigenvalue weighted by Crippen LogP contribution is -2.50. The minimum Gasteiger partial charge on any atom is -0.292 e. The first-order valence-electron chi connectivity index (χ1n) is 8.66. The molecule has 1 heterocycles. The number of allylic oxidation sites excluding steroid dienone is 3. The fourth-order valence-corrected chi connectivity index (χ4v) is 4.22. The molecule has 6 unspecified atom stereocenters. The monoisotopic (exact) mass is 299 g/mol. The zero-order valence-corrected chi connectivity index (χ0v) is 15.4. The second kappa shape index (κ2) is 6.58. The SMILES string of the molecule is C=C(C)/C=C\C1C=C(C)C2C=C(C)C(C)C(C)C(C)C2N1C. The van der Waals surface area contributed by atoms with Crippen LogP contribution in [0.15, 0.2) is 47.6 Å². The van der Waals surface area contributed by atoms with E-state index in [1.807, 2.05) is 0 Å². The van der Waals surface area contributed by atoms with Crippen molar-refractivity contribution in [2.75, 3.05) is 7.05 Å². The van der Waals surface area contributed by atoms with Gasteiger partial charge in [-0.1, -0.05) is 68.4 Å². The summed E-state index contributed by atoms with van der Waals surface area (Å²) in [5.41, 5.74) is 4.20. The Morgan fingerprint density at radius 2 is 1.73 bits per heavy atom. The summed E-state index contributed by atoms with van der Waals surface area (Å²) in [4.78, 5) is 2.57. The highest BCUT2D eigenvalue weighted by atomic mass is 15.2. The largest absolute Gasteiger partial charge is 0.292 e. The number of likely N-dealkylation sites (N-methyl/N-ethyl adjacent to an activating group) is 1. The Hall–Kier alpha value is -1.08. The van der Waals surface area contributed by atoms with Crippen LogP contribution < -0.4 is 0 Å². The van der Waals surface area contributed by atoms with E-state index in [1.165, 1.54) is 5.57 Å². The van der Waals surface area contributed by atoms with Gasteiger partial charge < -0.3 is 0 Å². The van der Waals surface area contributed by atoms with Crippen molar-refractivity contribution >= 4 is 0 Å². The first kappa shape index (κ1) is 17.3. The third-order valence-electron chi connectivity index (χ3n) is 6.16. The molecule has 122 valence electrons. The standard InChI is InChI=1S/C21H33N/c1-13(2)9-10-19-11-15(4)20-12-14(3)16(5)17(6)18(7)21(20)22(19)8/h9-12,16-21H,1H2,2-8H3/b10-9-. The van der Waals surface area contributed by atoms with Gasteiger partial charge in [0.05, 0.1) is 0 Å². The topological polar surface area (TPSA) is 3.24 Å². The summed E-state index contributed by atoms with van der Waals surface area (Å²) in [6.07, 6.45) is 9.41. The van der Waals surface area contributed by atoms with Crippen LogP contribution in [0.2, 0.25) is 0 Å². The van der Waals surface area contributed by atoms with Crippen molar-refractivity contribution in [2.24, 2.45) is 23.7 Å². The average Bonchev–Trinajstić information content (AvgIpc) is 2.53. The second-order valence-electron chi connectivity index (χ2n) is 7.71. The smallest absolute Gasteiger partial charge is 0.0467 e. The first-order valence-corrected chi connectivity index (χ1v) is 8.66. The summed E-state index contributed by atoms with van der Waals surface area (Å²) in [5.74, 6) is 2.63. The van der Waals surface area contributed by atoms with Crippen molar-refractivity contribution in [3.8, 4) is 0 Å². The van der Waals surface area contributed by atoms with Gasteiger partial charge in [-0.2, -0.15) is 0 Å². The number of hydrogen-bond donors (Lipinski definition) is 0. The first-order chi connectivity index (χ1) is 10.2. The van der Waals surface area contributed by atoms with Gasteiger partial charge in [-0.05, 0) is 45.6 Å². The fraction of sp³-hybridized carbons (Fsp3) is 0.619. The van der Waals surface area contributed by atoms with Crippen molar-refractivity contribution in [1.29, 1.82) is 0 Å². The van der Waals surface area contributed by atoms with Gasteiger partial charge in [0.1, 0.15) is 0 Å². The molecule has 1 aliphatic carbocycles. The van der Waals surface area contributed by atoms with Crippen molar-refractivity contribution in [3.05, 3.63) is 47.6 Å². The van der Waals surface area contributed by atoms with Gasteiger partial charge in [0, 0.05) is 18.0 Å². The zero-order valence-electron chi connectivity index (χ0n) is 15.4. The Balaban J connectivity index is 2.42.